The van der Waals surface area contributed by atoms with Crippen LogP contribution in [0.1, 0.15) is 27.2 Å². The van der Waals surface area contributed by atoms with E-state index in [1.807, 2.05) is 0 Å². The predicted molar refractivity (Wildman–Crippen MR) is 104 cm³/mol. The summed E-state index contributed by atoms with van der Waals surface area (Å²) in [5.74, 6) is -0.0674. The van der Waals surface area contributed by atoms with Crippen LogP contribution >= 0.6 is 0 Å². The number of aryl methyl sites for hydroxylation is 2. The van der Waals surface area contributed by atoms with Crippen molar-refractivity contribution in [2.24, 2.45) is 7.05 Å². The smallest absolute Gasteiger partial charge is 0.416 e. The van der Waals surface area contributed by atoms with Crippen molar-refractivity contribution in [3.05, 3.63) is 81.0 Å². The second kappa shape index (κ2) is 8.46. The largest absolute Gasteiger partial charge is 0.439 e. The first-order valence-electron chi connectivity index (χ1n) is 8.96. The zero-order valence-corrected chi connectivity index (χ0v) is 16.4. The van der Waals surface area contributed by atoms with Crippen LogP contribution in [0.4, 0.5) is 18.9 Å². The Morgan fingerprint density at radius 1 is 1.23 bits per heavy atom. The molecule has 0 atom stereocenters. The third-order valence-corrected chi connectivity index (χ3v) is 4.36. The van der Waals surface area contributed by atoms with Crippen LogP contribution in [0.2, 0.25) is 0 Å². The Labute approximate surface area is 174 Å². The number of carbonyl (C=O) groups is 1. The maximum absolute atomic E-state index is 12.8. The highest BCUT2D eigenvalue weighted by Gasteiger charge is 2.30. The Morgan fingerprint density at radius 3 is 2.61 bits per heavy atom. The van der Waals surface area contributed by atoms with Gasteiger partial charge in [0.25, 0.3) is 11.6 Å². The molecule has 0 fully saturated rings. The molecule has 2 aromatic carbocycles. The molecule has 1 amide bonds. The molecule has 0 bridgehead atoms. The van der Waals surface area contributed by atoms with Gasteiger partial charge in [0.05, 0.1) is 10.5 Å². The summed E-state index contributed by atoms with van der Waals surface area (Å²) >= 11 is 0. The van der Waals surface area contributed by atoms with Gasteiger partial charge in [0.1, 0.15) is 5.75 Å². The highest BCUT2D eigenvalue weighted by molar-refractivity contribution is 5.92. The molecule has 11 heteroatoms. The lowest BCUT2D eigenvalue weighted by Gasteiger charge is -2.09. The van der Waals surface area contributed by atoms with Crippen molar-refractivity contribution in [2.75, 3.05) is 0 Å². The van der Waals surface area contributed by atoms with Gasteiger partial charge >= 0.3 is 6.18 Å². The van der Waals surface area contributed by atoms with Gasteiger partial charge in [-0.2, -0.15) is 18.3 Å². The van der Waals surface area contributed by atoms with Crippen LogP contribution < -0.4 is 10.1 Å². The monoisotopic (exact) mass is 434 g/mol. The second-order valence-corrected chi connectivity index (χ2v) is 6.68. The first kappa shape index (κ1) is 21.8. The molecule has 0 unspecified atom stereocenters. The van der Waals surface area contributed by atoms with Crippen molar-refractivity contribution in [2.45, 2.75) is 19.6 Å². The van der Waals surface area contributed by atoms with Crippen molar-refractivity contribution < 1.29 is 27.6 Å². The van der Waals surface area contributed by atoms with E-state index < -0.39 is 22.6 Å². The molecule has 162 valence electrons. The number of hydrogen-bond donors (Lipinski definition) is 1. The lowest BCUT2D eigenvalue weighted by atomic mass is 10.1. The van der Waals surface area contributed by atoms with Gasteiger partial charge < -0.3 is 10.1 Å². The Balaban J connectivity index is 1.68. The van der Waals surface area contributed by atoms with E-state index in [0.29, 0.717) is 11.3 Å². The van der Waals surface area contributed by atoms with Gasteiger partial charge in [0.15, 0.2) is 5.69 Å². The summed E-state index contributed by atoms with van der Waals surface area (Å²) < 4.78 is 45.3. The molecular weight excluding hydrogens is 417 g/mol. The maximum Gasteiger partial charge on any atom is 0.416 e. The molecule has 0 saturated carbocycles. The number of benzene rings is 2. The van der Waals surface area contributed by atoms with Crippen LogP contribution in [0.3, 0.4) is 0 Å². The summed E-state index contributed by atoms with van der Waals surface area (Å²) in [6, 6.07) is 10.2. The molecular formula is C20H17F3N4O4. The summed E-state index contributed by atoms with van der Waals surface area (Å²) in [5, 5.41) is 17.5. The average molecular weight is 434 g/mol. The first-order chi connectivity index (χ1) is 14.5. The van der Waals surface area contributed by atoms with E-state index in [-0.39, 0.29) is 29.4 Å². The standard InChI is InChI=1S/C20H17F3N4O4/c1-12-8-15(6-7-17(12)27(29)30)31-18-10-16(25-26(18)2)19(28)24-11-13-4-3-5-14(9-13)20(21,22)23/h3-10H,11H2,1-2H3,(H,24,28). The van der Waals surface area contributed by atoms with Gasteiger partial charge in [-0.05, 0) is 36.8 Å². The number of halogens is 3. The molecule has 8 nitrogen and oxygen atoms in total. The van der Waals surface area contributed by atoms with E-state index in [4.69, 9.17) is 4.74 Å². The van der Waals surface area contributed by atoms with E-state index >= 15 is 0 Å². The van der Waals surface area contributed by atoms with Crippen LogP contribution in [-0.4, -0.2) is 20.6 Å². The Hall–Kier alpha value is -3.89. The van der Waals surface area contributed by atoms with Gasteiger partial charge in [0.2, 0.25) is 5.88 Å². The summed E-state index contributed by atoms with van der Waals surface area (Å²) in [7, 11) is 1.54. The number of rotatable bonds is 6. The number of nitrogens with zero attached hydrogens (tertiary/aromatic N) is 3. The van der Waals surface area contributed by atoms with Crippen molar-refractivity contribution in [1.29, 1.82) is 0 Å². The fraction of sp³-hybridized carbons (Fsp3) is 0.200. The predicted octanol–water partition coefficient (Wildman–Crippen LogP) is 4.38. The zero-order valence-electron chi connectivity index (χ0n) is 16.4. The van der Waals surface area contributed by atoms with E-state index in [9.17, 15) is 28.1 Å². The number of aromatic nitrogens is 2. The fourth-order valence-corrected chi connectivity index (χ4v) is 2.80. The molecule has 0 aliphatic heterocycles. The molecule has 3 aromatic rings. The molecule has 0 saturated heterocycles. The van der Waals surface area contributed by atoms with Gasteiger partial charge in [-0.3, -0.25) is 14.9 Å². The van der Waals surface area contributed by atoms with E-state index in [0.717, 1.165) is 12.1 Å². The number of nitro groups is 1. The minimum atomic E-state index is -4.47. The van der Waals surface area contributed by atoms with Crippen molar-refractivity contribution in [1.82, 2.24) is 15.1 Å². The summed E-state index contributed by atoms with van der Waals surface area (Å²) in [5.41, 5.74) is -0.151. The highest BCUT2D eigenvalue weighted by Crippen LogP contribution is 2.30. The molecule has 1 aromatic heterocycles. The first-order valence-corrected chi connectivity index (χ1v) is 8.96. The van der Waals surface area contributed by atoms with Crippen LogP contribution in [0.5, 0.6) is 11.6 Å². The van der Waals surface area contributed by atoms with Crippen LogP contribution in [0.15, 0.2) is 48.5 Å². The summed E-state index contributed by atoms with van der Waals surface area (Å²) in [6.45, 7) is 1.46. The maximum atomic E-state index is 12.8. The number of ether oxygens (including phenoxy) is 1. The molecule has 1 N–H and O–H groups in total. The quantitative estimate of drug-likeness (QED) is 0.459. The van der Waals surface area contributed by atoms with Crippen molar-refractivity contribution in [3.8, 4) is 11.6 Å². The lowest BCUT2D eigenvalue weighted by Crippen LogP contribution is -2.23. The number of nitro benzene ring substituents is 1. The van der Waals surface area contributed by atoms with Crippen LogP contribution in [0.25, 0.3) is 0 Å². The average Bonchev–Trinajstić information content (AvgIpc) is 3.06. The number of hydrogen-bond acceptors (Lipinski definition) is 5. The van der Waals surface area contributed by atoms with E-state index in [1.54, 1.807) is 6.92 Å². The highest BCUT2D eigenvalue weighted by atomic mass is 19.4. The van der Waals surface area contributed by atoms with Gasteiger partial charge in [-0.25, -0.2) is 4.68 Å². The molecule has 0 aliphatic carbocycles. The molecule has 3 rings (SSSR count). The third kappa shape index (κ3) is 5.18. The molecule has 31 heavy (non-hydrogen) atoms. The molecule has 0 spiro atoms. The van der Waals surface area contributed by atoms with Crippen LogP contribution in [0, 0.1) is 17.0 Å². The molecule has 0 aliphatic rings. The third-order valence-electron chi connectivity index (χ3n) is 4.36. The normalized spacial score (nSPS) is 11.3. The minimum Gasteiger partial charge on any atom is -0.439 e. The van der Waals surface area contributed by atoms with Crippen molar-refractivity contribution >= 4 is 11.6 Å². The van der Waals surface area contributed by atoms with E-state index in [2.05, 4.69) is 10.4 Å². The Kier molecular flexibility index (Phi) is 5.95. The Bertz CT molecular complexity index is 1140. The van der Waals surface area contributed by atoms with Crippen molar-refractivity contribution in [3.63, 3.8) is 0 Å². The molecule has 1 heterocycles. The van der Waals surface area contributed by atoms with Crippen LogP contribution in [-0.2, 0) is 19.8 Å². The number of nitrogens with one attached hydrogen (secondary N) is 1. The van der Waals surface area contributed by atoms with E-state index in [1.165, 1.54) is 48.1 Å². The molecule has 0 radical (unpaired) electrons. The second-order valence-electron chi connectivity index (χ2n) is 6.68. The number of carbonyl (C=O) groups excluding carboxylic acids is 1. The zero-order chi connectivity index (χ0) is 22.8. The Morgan fingerprint density at radius 2 is 1.97 bits per heavy atom. The number of alkyl halides is 3. The lowest BCUT2D eigenvalue weighted by molar-refractivity contribution is -0.385. The van der Waals surface area contributed by atoms with Gasteiger partial charge in [-0.15, -0.1) is 0 Å². The SMILES string of the molecule is Cc1cc(Oc2cc(C(=O)NCc3cccc(C(F)(F)F)c3)nn2C)ccc1[N+](=O)[O-]. The summed E-state index contributed by atoms with van der Waals surface area (Å²) in [6.07, 6.45) is -4.47. The van der Waals surface area contributed by atoms with Gasteiger partial charge in [0, 0.05) is 31.3 Å². The summed E-state index contributed by atoms with van der Waals surface area (Å²) in [4.78, 5) is 22.8. The topological polar surface area (TPSA) is 99.3 Å². The van der Waals surface area contributed by atoms with Gasteiger partial charge in [-0.1, -0.05) is 12.1 Å². The number of amides is 1. The fourth-order valence-electron chi connectivity index (χ4n) is 2.80. The minimum absolute atomic E-state index is 0.00288.